The van der Waals surface area contributed by atoms with Crippen LogP contribution < -0.4 is 4.74 Å². The molecule has 0 aliphatic heterocycles. The first-order valence-corrected chi connectivity index (χ1v) is 8.65. The number of ether oxygens (including phenoxy) is 1. The van der Waals surface area contributed by atoms with E-state index in [1.807, 2.05) is 18.2 Å². The lowest BCUT2D eigenvalue weighted by Gasteiger charge is -2.08. The predicted molar refractivity (Wildman–Crippen MR) is 104 cm³/mol. The minimum absolute atomic E-state index is 0.107. The van der Waals surface area contributed by atoms with Crippen molar-refractivity contribution in [2.24, 2.45) is 0 Å². The Kier molecular flexibility index (Phi) is 5.78. The zero-order chi connectivity index (χ0) is 19.4. The van der Waals surface area contributed by atoms with Crippen LogP contribution in [0.15, 0.2) is 47.0 Å². The lowest BCUT2D eigenvalue weighted by Crippen LogP contribution is -1.96. The molecule has 138 valence electrons. The standard InChI is InChI=1S/C19H14Cl2N2O4/c1-12-19(23(24)25)18(27-22-12)9-4-13-2-7-16(8-3-13)26-11-14-5-6-15(20)10-17(14)21/h2-10H,11H2,1H3/b9-4-. The Bertz CT molecular complexity index is 997. The molecule has 0 fully saturated rings. The molecule has 3 rings (SSSR count). The van der Waals surface area contributed by atoms with E-state index in [-0.39, 0.29) is 17.1 Å². The molecule has 6 nitrogen and oxygen atoms in total. The van der Waals surface area contributed by atoms with Crippen LogP contribution in [0.5, 0.6) is 5.75 Å². The Labute approximate surface area is 165 Å². The van der Waals surface area contributed by atoms with Gasteiger partial charge in [-0.1, -0.05) is 52.6 Å². The van der Waals surface area contributed by atoms with E-state index < -0.39 is 4.92 Å². The molecule has 3 aromatic rings. The minimum Gasteiger partial charge on any atom is -0.489 e. The van der Waals surface area contributed by atoms with Crippen molar-refractivity contribution in [3.63, 3.8) is 0 Å². The molecule has 0 amide bonds. The van der Waals surface area contributed by atoms with Gasteiger partial charge >= 0.3 is 5.69 Å². The van der Waals surface area contributed by atoms with Gasteiger partial charge in [-0.3, -0.25) is 10.1 Å². The van der Waals surface area contributed by atoms with Gasteiger partial charge in [0, 0.05) is 15.6 Å². The highest BCUT2D eigenvalue weighted by molar-refractivity contribution is 6.35. The van der Waals surface area contributed by atoms with Crippen LogP contribution in [0.3, 0.4) is 0 Å². The molecule has 1 heterocycles. The molecule has 0 N–H and O–H groups in total. The number of nitrogens with zero attached hydrogens (tertiary/aromatic N) is 2. The van der Waals surface area contributed by atoms with Gasteiger partial charge in [-0.25, -0.2) is 0 Å². The fourth-order valence-corrected chi connectivity index (χ4v) is 2.82. The number of hydrogen-bond acceptors (Lipinski definition) is 5. The molecule has 0 atom stereocenters. The van der Waals surface area contributed by atoms with Crippen LogP contribution in [-0.2, 0) is 6.61 Å². The third-order valence-corrected chi connectivity index (χ3v) is 4.34. The first-order valence-electron chi connectivity index (χ1n) is 7.89. The SMILES string of the molecule is Cc1noc(/C=C\c2ccc(OCc3ccc(Cl)cc3Cl)cc2)c1[N+](=O)[O-]. The molecule has 0 aliphatic carbocycles. The lowest BCUT2D eigenvalue weighted by atomic mass is 10.2. The van der Waals surface area contributed by atoms with Crippen molar-refractivity contribution in [2.45, 2.75) is 13.5 Å². The van der Waals surface area contributed by atoms with Crippen molar-refractivity contribution in [3.05, 3.63) is 85.2 Å². The normalized spacial score (nSPS) is 11.1. The second-order valence-corrected chi connectivity index (χ2v) is 6.51. The number of aromatic nitrogens is 1. The Morgan fingerprint density at radius 2 is 1.93 bits per heavy atom. The predicted octanol–water partition coefficient (Wildman–Crippen LogP) is 5.95. The molecule has 0 saturated carbocycles. The first-order chi connectivity index (χ1) is 12.9. The Morgan fingerprint density at radius 1 is 1.19 bits per heavy atom. The van der Waals surface area contributed by atoms with Crippen molar-refractivity contribution < 1.29 is 14.2 Å². The molecule has 27 heavy (non-hydrogen) atoms. The number of benzene rings is 2. The van der Waals surface area contributed by atoms with Gasteiger partial charge < -0.3 is 9.26 Å². The number of nitro groups is 1. The van der Waals surface area contributed by atoms with Crippen LogP contribution in [0, 0.1) is 17.0 Å². The van der Waals surface area contributed by atoms with E-state index in [2.05, 4.69) is 5.16 Å². The second-order valence-electron chi connectivity index (χ2n) is 5.66. The van der Waals surface area contributed by atoms with Crippen LogP contribution in [0.25, 0.3) is 12.2 Å². The van der Waals surface area contributed by atoms with Crippen molar-refractivity contribution >= 4 is 41.0 Å². The summed E-state index contributed by atoms with van der Waals surface area (Å²) < 4.78 is 10.7. The van der Waals surface area contributed by atoms with Crippen LogP contribution >= 0.6 is 23.2 Å². The van der Waals surface area contributed by atoms with E-state index in [0.717, 1.165) is 11.1 Å². The number of aryl methyl sites for hydroxylation is 1. The van der Waals surface area contributed by atoms with E-state index in [4.69, 9.17) is 32.5 Å². The van der Waals surface area contributed by atoms with Gasteiger partial charge in [0.2, 0.25) is 5.76 Å². The average Bonchev–Trinajstić information content (AvgIpc) is 3.01. The molecule has 0 bridgehead atoms. The van der Waals surface area contributed by atoms with E-state index >= 15 is 0 Å². The zero-order valence-electron chi connectivity index (χ0n) is 14.2. The number of halogens is 2. The summed E-state index contributed by atoms with van der Waals surface area (Å²) in [6.07, 6.45) is 3.22. The van der Waals surface area contributed by atoms with Crippen LogP contribution in [0.1, 0.15) is 22.6 Å². The largest absolute Gasteiger partial charge is 0.489 e. The monoisotopic (exact) mass is 404 g/mol. The Balaban J connectivity index is 1.66. The Hall–Kier alpha value is -2.83. The molecular formula is C19H14Cl2N2O4. The number of hydrogen-bond donors (Lipinski definition) is 0. The topological polar surface area (TPSA) is 78.4 Å². The van der Waals surface area contributed by atoms with Gasteiger partial charge in [0.05, 0.1) is 4.92 Å². The fourth-order valence-electron chi connectivity index (χ4n) is 2.36. The maximum atomic E-state index is 11.0. The second kappa shape index (κ2) is 8.24. The average molecular weight is 405 g/mol. The summed E-state index contributed by atoms with van der Waals surface area (Å²) in [6.45, 7) is 1.84. The molecule has 0 unspecified atom stereocenters. The van der Waals surface area contributed by atoms with Gasteiger partial charge in [-0.15, -0.1) is 0 Å². The molecule has 0 radical (unpaired) electrons. The first kappa shape index (κ1) is 18.9. The van der Waals surface area contributed by atoms with Gasteiger partial charge in [0.25, 0.3) is 0 Å². The highest BCUT2D eigenvalue weighted by atomic mass is 35.5. The zero-order valence-corrected chi connectivity index (χ0v) is 15.7. The van der Waals surface area contributed by atoms with Gasteiger partial charge in [-0.05, 0) is 42.8 Å². The van der Waals surface area contributed by atoms with Gasteiger partial charge in [-0.2, -0.15) is 0 Å². The molecule has 0 spiro atoms. The van der Waals surface area contributed by atoms with Crippen LogP contribution in [0.2, 0.25) is 10.0 Å². The highest BCUT2D eigenvalue weighted by Gasteiger charge is 2.21. The molecule has 2 aromatic carbocycles. The maximum Gasteiger partial charge on any atom is 0.338 e. The lowest BCUT2D eigenvalue weighted by molar-refractivity contribution is -0.386. The smallest absolute Gasteiger partial charge is 0.338 e. The van der Waals surface area contributed by atoms with Crippen LogP contribution in [0.4, 0.5) is 5.69 Å². The molecular weight excluding hydrogens is 391 g/mol. The van der Waals surface area contributed by atoms with Gasteiger partial charge in [0.1, 0.15) is 12.4 Å². The summed E-state index contributed by atoms with van der Waals surface area (Å²) in [6, 6.07) is 12.5. The molecule has 1 aromatic heterocycles. The van der Waals surface area contributed by atoms with Gasteiger partial charge in [0.15, 0.2) is 5.69 Å². The quantitative estimate of drug-likeness (QED) is 0.374. The summed E-state index contributed by atoms with van der Waals surface area (Å²) in [5.41, 5.74) is 1.77. The molecule has 8 heteroatoms. The van der Waals surface area contributed by atoms with E-state index in [1.165, 1.54) is 13.0 Å². The summed E-state index contributed by atoms with van der Waals surface area (Å²) in [4.78, 5) is 10.5. The number of rotatable bonds is 6. The van der Waals surface area contributed by atoms with Crippen LogP contribution in [-0.4, -0.2) is 10.1 Å². The summed E-state index contributed by atoms with van der Waals surface area (Å²) in [5, 5.41) is 15.8. The fraction of sp³-hybridized carbons (Fsp3) is 0.105. The maximum absolute atomic E-state index is 11.0. The summed E-state index contributed by atoms with van der Waals surface area (Å²) in [5.74, 6) is 0.773. The van der Waals surface area contributed by atoms with Crippen molar-refractivity contribution in [2.75, 3.05) is 0 Å². The molecule has 0 aliphatic rings. The highest BCUT2D eigenvalue weighted by Crippen LogP contribution is 2.25. The third-order valence-electron chi connectivity index (χ3n) is 3.76. The Morgan fingerprint density at radius 3 is 2.59 bits per heavy atom. The van der Waals surface area contributed by atoms with Crippen molar-refractivity contribution in [1.82, 2.24) is 5.16 Å². The van der Waals surface area contributed by atoms with E-state index in [9.17, 15) is 10.1 Å². The van der Waals surface area contributed by atoms with Crippen molar-refractivity contribution in [3.8, 4) is 5.75 Å². The third kappa shape index (κ3) is 4.67. The molecule has 0 saturated heterocycles. The van der Waals surface area contributed by atoms with Crippen molar-refractivity contribution in [1.29, 1.82) is 0 Å². The summed E-state index contributed by atoms with van der Waals surface area (Å²) >= 11 is 12.0. The van der Waals surface area contributed by atoms with E-state index in [0.29, 0.717) is 22.4 Å². The van der Waals surface area contributed by atoms with E-state index in [1.54, 1.807) is 30.3 Å². The minimum atomic E-state index is -0.510. The summed E-state index contributed by atoms with van der Waals surface area (Å²) in [7, 11) is 0.